The molecule has 0 amide bonds. The van der Waals surface area contributed by atoms with Gasteiger partial charge in [-0.15, -0.1) is 0 Å². The lowest BCUT2D eigenvalue weighted by Crippen LogP contribution is -2.08. The standard InChI is InChI=1S/C15H25NO3/c1-2-3-9-17-12-13-18-10-4-11-19-15-7-5-14(16)6-8-15/h5-8H,2-4,9-13,16H2,1H3. The minimum atomic E-state index is 0.653. The second-order valence-electron chi connectivity index (χ2n) is 4.35. The highest BCUT2D eigenvalue weighted by atomic mass is 16.5. The van der Waals surface area contributed by atoms with Crippen molar-refractivity contribution in [3.8, 4) is 5.75 Å². The van der Waals surface area contributed by atoms with Crippen LogP contribution in [0.2, 0.25) is 0 Å². The molecule has 0 saturated carbocycles. The molecule has 0 bridgehead atoms. The molecule has 0 heterocycles. The lowest BCUT2D eigenvalue weighted by atomic mass is 10.3. The first-order valence-electron chi connectivity index (χ1n) is 6.96. The predicted molar refractivity (Wildman–Crippen MR) is 77.5 cm³/mol. The van der Waals surface area contributed by atoms with Crippen LogP contribution in [0.15, 0.2) is 24.3 Å². The summed E-state index contributed by atoms with van der Waals surface area (Å²) in [5.74, 6) is 0.845. The van der Waals surface area contributed by atoms with E-state index in [1.807, 2.05) is 24.3 Å². The molecule has 4 heteroatoms. The topological polar surface area (TPSA) is 53.7 Å². The maximum absolute atomic E-state index is 5.59. The highest BCUT2D eigenvalue weighted by Crippen LogP contribution is 2.12. The largest absolute Gasteiger partial charge is 0.494 e. The van der Waals surface area contributed by atoms with E-state index in [9.17, 15) is 0 Å². The number of hydrogen-bond donors (Lipinski definition) is 1. The van der Waals surface area contributed by atoms with Gasteiger partial charge in [-0.25, -0.2) is 0 Å². The van der Waals surface area contributed by atoms with Crippen molar-refractivity contribution in [1.29, 1.82) is 0 Å². The Hall–Kier alpha value is -1.26. The van der Waals surface area contributed by atoms with Gasteiger partial charge >= 0.3 is 0 Å². The van der Waals surface area contributed by atoms with Gasteiger partial charge in [0.15, 0.2) is 0 Å². The SMILES string of the molecule is CCCCOCCOCCCOc1ccc(N)cc1. The van der Waals surface area contributed by atoms with E-state index in [2.05, 4.69) is 6.92 Å². The first-order chi connectivity index (χ1) is 9.33. The normalized spacial score (nSPS) is 10.6. The Morgan fingerprint density at radius 2 is 1.47 bits per heavy atom. The molecule has 1 rings (SSSR count). The van der Waals surface area contributed by atoms with Gasteiger partial charge in [-0.05, 0) is 30.7 Å². The quantitative estimate of drug-likeness (QED) is 0.495. The predicted octanol–water partition coefficient (Wildman–Crippen LogP) is 2.87. The van der Waals surface area contributed by atoms with Gasteiger partial charge in [0.25, 0.3) is 0 Å². The average molecular weight is 267 g/mol. The smallest absolute Gasteiger partial charge is 0.119 e. The van der Waals surface area contributed by atoms with E-state index < -0.39 is 0 Å². The number of hydrogen-bond acceptors (Lipinski definition) is 4. The van der Waals surface area contributed by atoms with Crippen LogP contribution in [0.5, 0.6) is 5.75 Å². The highest BCUT2D eigenvalue weighted by Gasteiger charge is 1.94. The third kappa shape index (κ3) is 8.46. The van der Waals surface area contributed by atoms with Crippen molar-refractivity contribution in [1.82, 2.24) is 0 Å². The van der Waals surface area contributed by atoms with Crippen LogP contribution in [-0.4, -0.2) is 33.0 Å². The number of ether oxygens (including phenoxy) is 3. The monoisotopic (exact) mass is 267 g/mol. The molecule has 108 valence electrons. The molecule has 1 aromatic carbocycles. The third-order valence-corrected chi connectivity index (χ3v) is 2.60. The molecule has 1 aromatic rings. The zero-order valence-corrected chi connectivity index (χ0v) is 11.8. The fourth-order valence-corrected chi connectivity index (χ4v) is 1.48. The van der Waals surface area contributed by atoms with Gasteiger partial charge in [-0.3, -0.25) is 0 Å². The van der Waals surface area contributed by atoms with Crippen LogP contribution in [-0.2, 0) is 9.47 Å². The molecule has 0 spiro atoms. The van der Waals surface area contributed by atoms with E-state index >= 15 is 0 Å². The number of unbranched alkanes of at least 4 members (excludes halogenated alkanes) is 1. The molecule has 0 saturated heterocycles. The first-order valence-corrected chi connectivity index (χ1v) is 6.96. The molecule has 0 radical (unpaired) electrons. The van der Waals surface area contributed by atoms with Crippen molar-refractivity contribution in [2.45, 2.75) is 26.2 Å². The Balaban J connectivity index is 1.87. The van der Waals surface area contributed by atoms with Crippen molar-refractivity contribution < 1.29 is 14.2 Å². The van der Waals surface area contributed by atoms with Crippen LogP contribution in [0, 0.1) is 0 Å². The number of rotatable bonds is 11. The summed E-state index contributed by atoms with van der Waals surface area (Å²) in [6.45, 7) is 5.68. The van der Waals surface area contributed by atoms with Crippen molar-refractivity contribution in [3.05, 3.63) is 24.3 Å². The summed E-state index contributed by atoms with van der Waals surface area (Å²) in [4.78, 5) is 0. The lowest BCUT2D eigenvalue weighted by Gasteiger charge is -2.07. The van der Waals surface area contributed by atoms with Crippen LogP contribution in [0.1, 0.15) is 26.2 Å². The zero-order valence-electron chi connectivity index (χ0n) is 11.8. The molecule has 0 fully saturated rings. The Kier molecular flexibility index (Phi) is 8.85. The maximum atomic E-state index is 5.59. The molecule has 4 nitrogen and oxygen atoms in total. The molecule has 0 unspecified atom stereocenters. The number of nitrogens with two attached hydrogens (primary N) is 1. The van der Waals surface area contributed by atoms with Gasteiger partial charge in [0.2, 0.25) is 0 Å². The molecular weight excluding hydrogens is 242 g/mol. The molecular formula is C15H25NO3. The van der Waals surface area contributed by atoms with Crippen molar-refractivity contribution in [3.63, 3.8) is 0 Å². The van der Waals surface area contributed by atoms with E-state index in [0.717, 1.165) is 30.9 Å². The minimum Gasteiger partial charge on any atom is -0.494 e. The molecule has 19 heavy (non-hydrogen) atoms. The molecule has 0 aliphatic rings. The summed E-state index contributed by atoms with van der Waals surface area (Å²) in [5, 5.41) is 0. The van der Waals surface area contributed by atoms with E-state index in [-0.39, 0.29) is 0 Å². The van der Waals surface area contributed by atoms with E-state index in [1.54, 1.807) is 0 Å². The minimum absolute atomic E-state index is 0.653. The molecule has 2 N–H and O–H groups in total. The summed E-state index contributed by atoms with van der Waals surface area (Å²) >= 11 is 0. The third-order valence-electron chi connectivity index (χ3n) is 2.60. The summed E-state index contributed by atoms with van der Waals surface area (Å²) in [5.41, 5.74) is 6.34. The van der Waals surface area contributed by atoms with E-state index in [0.29, 0.717) is 26.4 Å². The Morgan fingerprint density at radius 3 is 2.11 bits per heavy atom. The van der Waals surface area contributed by atoms with Crippen LogP contribution in [0.25, 0.3) is 0 Å². The number of benzene rings is 1. The van der Waals surface area contributed by atoms with Crippen molar-refractivity contribution >= 4 is 5.69 Å². The first kappa shape index (κ1) is 15.8. The fraction of sp³-hybridized carbons (Fsp3) is 0.600. The fourth-order valence-electron chi connectivity index (χ4n) is 1.48. The van der Waals surface area contributed by atoms with Gasteiger partial charge in [0.05, 0.1) is 19.8 Å². The van der Waals surface area contributed by atoms with Crippen molar-refractivity contribution in [2.24, 2.45) is 0 Å². The summed E-state index contributed by atoms with van der Waals surface area (Å²) < 4.78 is 16.4. The van der Waals surface area contributed by atoms with Crippen LogP contribution in [0.3, 0.4) is 0 Å². The maximum Gasteiger partial charge on any atom is 0.119 e. The highest BCUT2D eigenvalue weighted by molar-refractivity contribution is 5.41. The Morgan fingerprint density at radius 1 is 0.842 bits per heavy atom. The zero-order chi connectivity index (χ0) is 13.8. The van der Waals surface area contributed by atoms with Gasteiger partial charge in [0, 0.05) is 25.3 Å². The molecule has 0 aliphatic carbocycles. The van der Waals surface area contributed by atoms with E-state index in [4.69, 9.17) is 19.9 Å². The molecule has 0 aromatic heterocycles. The number of anilines is 1. The second kappa shape index (κ2) is 10.6. The van der Waals surface area contributed by atoms with Crippen LogP contribution >= 0.6 is 0 Å². The second-order valence-corrected chi connectivity index (χ2v) is 4.35. The molecule has 0 aliphatic heterocycles. The summed E-state index contributed by atoms with van der Waals surface area (Å²) in [6, 6.07) is 7.41. The van der Waals surface area contributed by atoms with Crippen LogP contribution in [0.4, 0.5) is 5.69 Å². The van der Waals surface area contributed by atoms with Gasteiger partial charge in [-0.1, -0.05) is 13.3 Å². The van der Waals surface area contributed by atoms with Gasteiger partial charge < -0.3 is 19.9 Å². The summed E-state index contributed by atoms with van der Waals surface area (Å²) in [7, 11) is 0. The average Bonchev–Trinajstić information content (AvgIpc) is 2.43. The Bertz CT molecular complexity index is 314. The van der Waals surface area contributed by atoms with Gasteiger partial charge in [-0.2, -0.15) is 0 Å². The Labute approximate surface area is 115 Å². The molecule has 0 atom stereocenters. The number of nitrogen functional groups attached to an aromatic ring is 1. The lowest BCUT2D eigenvalue weighted by molar-refractivity contribution is 0.0426. The summed E-state index contributed by atoms with van der Waals surface area (Å²) in [6.07, 6.45) is 3.16. The van der Waals surface area contributed by atoms with Crippen molar-refractivity contribution in [2.75, 3.05) is 38.8 Å². The van der Waals surface area contributed by atoms with Crippen LogP contribution < -0.4 is 10.5 Å². The van der Waals surface area contributed by atoms with Gasteiger partial charge in [0.1, 0.15) is 5.75 Å². The van der Waals surface area contributed by atoms with E-state index in [1.165, 1.54) is 6.42 Å².